The van der Waals surface area contributed by atoms with E-state index in [9.17, 15) is 0 Å². The molecule has 0 radical (unpaired) electrons. The molecule has 0 spiro atoms. The molecule has 0 saturated heterocycles. The van der Waals surface area contributed by atoms with E-state index in [0.717, 1.165) is 5.92 Å². The van der Waals surface area contributed by atoms with E-state index in [1.807, 2.05) is 27.7 Å². The van der Waals surface area contributed by atoms with Crippen LogP contribution in [0, 0.1) is 5.92 Å². The maximum atomic E-state index is 2.54. The summed E-state index contributed by atoms with van der Waals surface area (Å²) in [7, 11) is 0. The molecule has 0 aliphatic heterocycles. The molecule has 116 valence electrons. The molecule has 1 heteroatoms. The van der Waals surface area contributed by atoms with Gasteiger partial charge in [0.1, 0.15) is 0 Å². The van der Waals surface area contributed by atoms with Gasteiger partial charge in [0, 0.05) is 0 Å². The first kappa shape index (κ1) is 26.5. The summed E-state index contributed by atoms with van der Waals surface area (Å²) in [5.41, 5.74) is 0. The Kier molecular flexibility index (Phi) is 44.5. The van der Waals surface area contributed by atoms with E-state index in [2.05, 4.69) is 46.4 Å². The highest BCUT2D eigenvalue weighted by atomic mass is 15.1. The SMILES string of the molecule is CC.CC.CC(C)C.CCCN(CCC)CCC. The highest BCUT2D eigenvalue weighted by molar-refractivity contribution is 4.53. The van der Waals surface area contributed by atoms with Crippen LogP contribution in [0.25, 0.3) is 0 Å². The lowest BCUT2D eigenvalue weighted by atomic mass is 10.3. The van der Waals surface area contributed by atoms with Crippen LogP contribution in [-0.2, 0) is 0 Å². The van der Waals surface area contributed by atoms with Crippen LogP contribution in [0.1, 0.15) is 88.5 Å². The van der Waals surface area contributed by atoms with Crippen molar-refractivity contribution in [2.75, 3.05) is 19.6 Å². The summed E-state index contributed by atoms with van der Waals surface area (Å²) < 4.78 is 0. The third-order valence-corrected chi connectivity index (χ3v) is 1.62. The van der Waals surface area contributed by atoms with Crippen molar-refractivity contribution in [2.45, 2.75) is 88.5 Å². The van der Waals surface area contributed by atoms with Crippen LogP contribution in [0.3, 0.4) is 0 Å². The van der Waals surface area contributed by atoms with E-state index >= 15 is 0 Å². The minimum atomic E-state index is 0.833. The second-order valence-corrected chi connectivity index (χ2v) is 4.57. The zero-order valence-corrected chi connectivity index (χ0v) is 15.3. The molecular weight excluding hydrogens is 218 g/mol. The van der Waals surface area contributed by atoms with Gasteiger partial charge in [-0.1, -0.05) is 69.2 Å². The summed E-state index contributed by atoms with van der Waals surface area (Å²) in [6.07, 6.45) is 3.88. The Morgan fingerprint density at radius 1 is 0.611 bits per heavy atom. The van der Waals surface area contributed by atoms with Gasteiger partial charge in [-0.25, -0.2) is 0 Å². The molecule has 0 saturated carbocycles. The van der Waals surface area contributed by atoms with Crippen molar-refractivity contribution in [3.8, 4) is 0 Å². The maximum absolute atomic E-state index is 2.54. The van der Waals surface area contributed by atoms with Crippen LogP contribution in [0.2, 0.25) is 0 Å². The van der Waals surface area contributed by atoms with Crippen LogP contribution in [-0.4, -0.2) is 24.5 Å². The zero-order chi connectivity index (χ0) is 15.4. The smallest absolute Gasteiger partial charge is 0.00214 e. The summed E-state index contributed by atoms with van der Waals surface area (Å²) in [5.74, 6) is 0.833. The Balaban J connectivity index is -0.000000102. The molecule has 0 aromatic rings. The van der Waals surface area contributed by atoms with Crippen molar-refractivity contribution in [1.29, 1.82) is 0 Å². The minimum absolute atomic E-state index is 0.833. The van der Waals surface area contributed by atoms with Crippen molar-refractivity contribution in [2.24, 2.45) is 5.92 Å². The molecule has 0 rings (SSSR count). The largest absolute Gasteiger partial charge is 0.303 e. The number of hydrogen-bond donors (Lipinski definition) is 0. The Labute approximate surface area is 119 Å². The molecule has 0 aliphatic rings. The number of rotatable bonds is 6. The van der Waals surface area contributed by atoms with Gasteiger partial charge in [-0.15, -0.1) is 0 Å². The fourth-order valence-corrected chi connectivity index (χ4v) is 1.28. The Morgan fingerprint density at radius 2 is 0.778 bits per heavy atom. The zero-order valence-electron chi connectivity index (χ0n) is 15.3. The standard InChI is InChI=1S/C9H21N.C4H10.2C2H6/c1-4-7-10(8-5-2)9-6-3;1-4(2)3;2*1-2/h4-9H2,1-3H3;4H,1-3H3;2*1-2H3. The monoisotopic (exact) mass is 261 g/mol. The second kappa shape index (κ2) is 30.2. The van der Waals surface area contributed by atoms with E-state index in [0.29, 0.717) is 0 Å². The lowest BCUT2D eigenvalue weighted by Gasteiger charge is -2.19. The molecule has 0 aromatic heterocycles. The third kappa shape index (κ3) is 44.5. The molecule has 0 bridgehead atoms. The average molecular weight is 262 g/mol. The van der Waals surface area contributed by atoms with Crippen LogP contribution < -0.4 is 0 Å². The predicted molar refractivity (Wildman–Crippen MR) is 90.5 cm³/mol. The Morgan fingerprint density at radius 3 is 0.889 bits per heavy atom. The van der Waals surface area contributed by atoms with Gasteiger partial charge in [0.05, 0.1) is 0 Å². The first-order valence-corrected chi connectivity index (χ1v) is 8.30. The molecular formula is C17H43N. The lowest BCUT2D eigenvalue weighted by Crippen LogP contribution is -2.25. The van der Waals surface area contributed by atoms with Gasteiger partial charge in [-0.3, -0.25) is 0 Å². The summed E-state index contributed by atoms with van der Waals surface area (Å²) in [6, 6.07) is 0. The highest BCUT2D eigenvalue weighted by Gasteiger charge is 1.98. The number of hydrogen-bond acceptors (Lipinski definition) is 1. The molecule has 0 aliphatic carbocycles. The van der Waals surface area contributed by atoms with E-state index in [-0.39, 0.29) is 0 Å². The quantitative estimate of drug-likeness (QED) is 0.547. The molecule has 0 atom stereocenters. The highest BCUT2D eigenvalue weighted by Crippen LogP contribution is 1.94. The third-order valence-electron chi connectivity index (χ3n) is 1.62. The van der Waals surface area contributed by atoms with Crippen molar-refractivity contribution in [3.05, 3.63) is 0 Å². The second-order valence-electron chi connectivity index (χ2n) is 4.57. The molecule has 0 aromatic carbocycles. The maximum Gasteiger partial charge on any atom is -0.00214 e. The summed E-state index contributed by atoms with van der Waals surface area (Å²) in [4.78, 5) is 2.54. The van der Waals surface area contributed by atoms with Gasteiger partial charge in [0.15, 0.2) is 0 Å². The first-order chi connectivity index (χ1) is 8.58. The van der Waals surface area contributed by atoms with Crippen LogP contribution in [0.5, 0.6) is 0 Å². The Bertz CT molecular complexity index is 72.6. The molecule has 18 heavy (non-hydrogen) atoms. The summed E-state index contributed by atoms with van der Waals surface area (Å²) in [5, 5.41) is 0. The van der Waals surface area contributed by atoms with Crippen LogP contribution in [0.4, 0.5) is 0 Å². The summed E-state index contributed by atoms with van der Waals surface area (Å²) in [6.45, 7) is 25.1. The fraction of sp³-hybridized carbons (Fsp3) is 1.00. The average Bonchev–Trinajstić information content (AvgIpc) is 2.34. The number of nitrogens with zero attached hydrogens (tertiary/aromatic N) is 1. The normalized spacial score (nSPS) is 8.67. The Hall–Kier alpha value is -0.0400. The molecule has 0 unspecified atom stereocenters. The minimum Gasteiger partial charge on any atom is -0.303 e. The van der Waals surface area contributed by atoms with Gasteiger partial charge >= 0.3 is 0 Å². The van der Waals surface area contributed by atoms with E-state index < -0.39 is 0 Å². The topological polar surface area (TPSA) is 3.24 Å². The molecule has 0 N–H and O–H groups in total. The fourth-order valence-electron chi connectivity index (χ4n) is 1.28. The summed E-state index contributed by atoms with van der Waals surface area (Å²) >= 11 is 0. The van der Waals surface area contributed by atoms with Crippen molar-refractivity contribution < 1.29 is 0 Å². The van der Waals surface area contributed by atoms with E-state index in [4.69, 9.17) is 0 Å². The first-order valence-electron chi connectivity index (χ1n) is 8.30. The van der Waals surface area contributed by atoms with Gasteiger partial charge in [-0.05, 0) is 44.8 Å². The molecule has 1 nitrogen and oxygen atoms in total. The van der Waals surface area contributed by atoms with Gasteiger partial charge in [-0.2, -0.15) is 0 Å². The predicted octanol–water partition coefficient (Wildman–Crippen LogP) is 6.23. The van der Waals surface area contributed by atoms with E-state index in [1.165, 1.54) is 38.9 Å². The van der Waals surface area contributed by atoms with Crippen molar-refractivity contribution in [1.82, 2.24) is 4.90 Å². The van der Waals surface area contributed by atoms with Gasteiger partial charge < -0.3 is 4.90 Å². The molecule has 0 heterocycles. The van der Waals surface area contributed by atoms with Crippen molar-refractivity contribution >= 4 is 0 Å². The van der Waals surface area contributed by atoms with Gasteiger partial charge in [0.2, 0.25) is 0 Å². The van der Waals surface area contributed by atoms with Crippen molar-refractivity contribution in [3.63, 3.8) is 0 Å². The lowest BCUT2D eigenvalue weighted by molar-refractivity contribution is 0.275. The van der Waals surface area contributed by atoms with Gasteiger partial charge in [0.25, 0.3) is 0 Å². The van der Waals surface area contributed by atoms with E-state index in [1.54, 1.807) is 0 Å². The van der Waals surface area contributed by atoms with Crippen LogP contribution in [0.15, 0.2) is 0 Å². The van der Waals surface area contributed by atoms with Crippen LogP contribution >= 0.6 is 0 Å². The molecule has 0 fully saturated rings. The molecule has 0 amide bonds.